The van der Waals surface area contributed by atoms with Crippen molar-refractivity contribution in [3.8, 4) is 0 Å². The fraction of sp³-hybridized carbons (Fsp3) is 0.750. The molecule has 4 heteroatoms. The molecule has 0 radical (unpaired) electrons. The van der Waals surface area contributed by atoms with E-state index in [2.05, 4.69) is 14.5 Å². The molecule has 2 heterocycles. The van der Waals surface area contributed by atoms with Gasteiger partial charge < -0.3 is 10.3 Å². The van der Waals surface area contributed by atoms with Gasteiger partial charge >= 0.3 is 0 Å². The minimum atomic E-state index is 0.570. The van der Waals surface area contributed by atoms with Crippen molar-refractivity contribution < 1.29 is 0 Å². The van der Waals surface area contributed by atoms with Crippen molar-refractivity contribution in [2.75, 3.05) is 6.54 Å². The standard InChI is InChI=1S/C12H20N4/c13-7-11-12-8-15(10-3-1-2-4-10)5-6-16(12)9-14-11/h9-10H,1-8,13H2. The molecule has 0 saturated heterocycles. The smallest absolute Gasteiger partial charge is 0.0953 e. The second-order valence-electron chi connectivity index (χ2n) is 4.94. The summed E-state index contributed by atoms with van der Waals surface area (Å²) in [4.78, 5) is 7.02. The van der Waals surface area contributed by atoms with E-state index in [0.717, 1.165) is 24.8 Å². The summed E-state index contributed by atoms with van der Waals surface area (Å²) in [6.45, 7) is 3.88. The highest BCUT2D eigenvalue weighted by Gasteiger charge is 2.27. The van der Waals surface area contributed by atoms with E-state index in [1.807, 2.05) is 6.33 Å². The lowest BCUT2D eigenvalue weighted by Crippen LogP contribution is -2.39. The lowest BCUT2D eigenvalue weighted by molar-refractivity contribution is 0.157. The summed E-state index contributed by atoms with van der Waals surface area (Å²) in [5, 5.41) is 0. The topological polar surface area (TPSA) is 47.1 Å². The van der Waals surface area contributed by atoms with Gasteiger partial charge in [0, 0.05) is 32.2 Å². The molecule has 1 aliphatic heterocycles. The fourth-order valence-electron chi connectivity index (χ4n) is 3.08. The first kappa shape index (κ1) is 10.3. The number of imidazole rings is 1. The Morgan fingerprint density at radius 3 is 2.88 bits per heavy atom. The van der Waals surface area contributed by atoms with E-state index in [1.165, 1.54) is 37.9 Å². The summed E-state index contributed by atoms with van der Waals surface area (Å²) in [5.74, 6) is 0. The van der Waals surface area contributed by atoms with Crippen LogP contribution in [0.5, 0.6) is 0 Å². The summed E-state index contributed by atoms with van der Waals surface area (Å²) < 4.78 is 2.27. The van der Waals surface area contributed by atoms with E-state index in [9.17, 15) is 0 Å². The maximum absolute atomic E-state index is 5.72. The minimum absolute atomic E-state index is 0.570. The fourth-order valence-corrected chi connectivity index (χ4v) is 3.08. The Kier molecular flexibility index (Phi) is 2.69. The molecule has 0 unspecified atom stereocenters. The molecule has 1 aliphatic carbocycles. The summed E-state index contributed by atoms with van der Waals surface area (Å²) in [6, 6.07) is 0.814. The van der Waals surface area contributed by atoms with E-state index in [-0.39, 0.29) is 0 Å². The van der Waals surface area contributed by atoms with Gasteiger partial charge in [-0.15, -0.1) is 0 Å². The van der Waals surface area contributed by atoms with E-state index < -0.39 is 0 Å². The highest BCUT2D eigenvalue weighted by atomic mass is 15.2. The molecule has 2 aliphatic rings. The molecule has 2 N–H and O–H groups in total. The van der Waals surface area contributed by atoms with Gasteiger partial charge in [-0.05, 0) is 12.8 Å². The summed E-state index contributed by atoms with van der Waals surface area (Å²) in [7, 11) is 0. The number of hydrogen-bond donors (Lipinski definition) is 1. The lowest BCUT2D eigenvalue weighted by Gasteiger charge is -2.33. The van der Waals surface area contributed by atoms with Crippen molar-refractivity contribution in [3.63, 3.8) is 0 Å². The Morgan fingerprint density at radius 1 is 1.31 bits per heavy atom. The summed E-state index contributed by atoms with van der Waals surface area (Å²) >= 11 is 0. The van der Waals surface area contributed by atoms with Gasteiger partial charge in [0.25, 0.3) is 0 Å². The maximum atomic E-state index is 5.72. The average molecular weight is 220 g/mol. The molecule has 16 heavy (non-hydrogen) atoms. The van der Waals surface area contributed by atoms with Crippen LogP contribution < -0.4 is 5.73 Å². The third kappa shape index (κ3) is 1.66. The first-order valence-corrected chi connectivity index (χ1v) is 6.35. The summed E-state index contributed by atoms with van der Waals surface area (Å²) in [6.07, 6.45) is 7.52. The monoisotopic (exact) mass is 220 g/mol. The van der Waals surface area contributed by atoms with Gasteiger partial charge in [0.15, 0.2) is 0 Å². The van der Waals surface area contributed by atoms with Gasteiger partial charge in [-0.1, -0.05) is 12.8 Å². The zero-order valence-corrected chi connectivity index (χ0v) is 9.73. The van der Waals surface area contributed by atoms with Crippen LogP contribution >= 0.6 is 0 Å². The van der Waals surface area contributed by atoms with Crippen molar-refractivity contribution >= 4 is 0 Å². The summed E-state index contributed by atoms with van der Waals surface area (Å²) in [5.41, 5.74) is 8.16. The van der Waals surface area contributed by atoms with Crippen molar-refractivity contribution in [2.24, 2.45) is 5.73 Å². The quantitative estimate of drug-likeness (QED) is 0.812. The van der Waals surface area contributed by atoms with Crippen LogP contribution in [0.4, 0.5) is 0 Å². The van der Waals surface area contributed by atoms with Crippen molar-refractivity contribution in [2.45, 2.75) is 51.4 Å². The minimum Gasteiger partial charge on any atom is -0.332 e. The number of fused-ring (bicyclic) bond motifs is 1. The van der Waals surface area contributed by atoms with Crippen LogP contribution in [0.25, 0.3) is 0 Å². The molecule has 1 saturated carbocycles. The molecule has 3 rings (SSSR count). The van der Waals surface area contributed by atoms with Crippen LogP contribution in [-0.2, 0) is 19.6 Å². The van der Waals surface area contributed by atoms with Crippen LogP contribution in [0.3, 0.4) is 0 Å². The van der Waals surface area contributed by atoms with Crippen LogP contribution in [0.15, 0.2) is 6.33 Å². The molecule has 0 atom stereocenters. The molecule has 1 aromatic rings. The van der Waals surface area contributed by atoms with Gasteiger partial charge in [-0.25, -0.2) is 4.98 Å². The van der Waals surface area contributed by atoms with Crippen LogP contribution in [0, 0.1) is 0 Å². The van der Waals surface area contributed by atoms with E-state index >= 15 is 0 Å². The van der Waals surface area contributed by atoms with Gasteiger partial charge in [-0.3, -0.25) is 4.90 Å². The molecular formula is C12H20N4. The number of nitrogens with two attached hydrogens (primary N) is 1. The van der Waals surface area contributed by atoms with Gasteiger partial charge in [0.1, 0.15) is 0 Å². The van der Waals surface area contributed by atoms with Crippen LogP contribution in [0.2, 0.25) is 0 Å². The van der Waals surface area contributed by atoms with Crippen LogP contribution in [-0.4, -0.2) is 27.0 Å². The number of nitrogens with zero attached hydrogens (tertiary/aromatic N) is 3. The average Bonchev–Trinajstić information content (AvgIpc) is 2.97. The highest BCUT2D eigenvalue weighted by molar-refractivity contribution is 5.14. The highest BCUT2D eigenvalue weighted by Crippen LogP contribution is 2.27. The molecule has 0 bridgehead atoms. The van der Waals surface area contributed by atoms with Gasteiger partial charge in [0.05, 0.1) is 17.7 Å². The molecule has 88 valence electrons. The largest absolute Gasteiger partial charge is 0.332 e. The number of aromatic nitrogens is 2. The van der Waals surface area contributed by atoms with E-state index in [1.54, 1.807) is 0 Å². The number of rotatable bonds is 2. The number of hydrogen-bond acceptors (Lipinski definition) is 3. The zero-order chi connectivity index (χ0) is 11.0. The first-order chi connectivity index (χ1) is 7.88. The third-order valence-corrected chi connectivity index (χ3v) is 4.05. The third-order valence-electron chi connectivity index (χ3n) is 4.05. The van der Waals surface area contributed by atoms with Gasteiger partial charge in [0.2, 0.25) is 0 Å². The predicted octanol–water partition coefficient (Wildman–Crippen LogP) is 1.10. The predicted molar refractivity (Wildman–Crippen MR) is 62.8 cm³/mol. The molecule has 0 aromatic carbocycles. The Balaban J connectivity index is 1.78. The van der Waals surface area contributed by atoms with E-state index in [4.69, 9.17) is 5.73 Å². The lowest BCUT2D eigenvalue weighted by atomic mass is 10.1. The first-order valence-electron chi connectivity index (χ1n) is 6.35. The van der Waals surface area contributed by atoms with Gasteiger partial charge in [-0.2, -0.15) is 0 Å². The molecule has 0 spiro atoms. The normalized spacial score (nSPS) is 22.6. The second-order valence-corrected chi connectivity index (χ2v) is 4.94. The zero-order valence-electron chi connectivity index (χ0n) is 9.73. The Hall–Kier alpha value is -0.870. The van der Waals surface area contributed by atoms with Crippen LogP contribution in [0.1, 0.15) is 37.1 Å². The van der Waals surface area contributed by atoms with Crippen molar-refractivity contribution in [1.29, 1.82) is 0 Å². The SMILES string of the molecule is NCc1ncn2c1CN(C1CCCC1)CC2. The maximum Gasteiger partial charge on any atom is 0.0953 e. The molecule has 1 aromatic heterocycles. The van der Waals surface area contributed by atoms with Crippen molar-refractivity contribution in [1.82, 2.24) is 14.5 Å². The van der Waals surface area contributed by atoms with E-state index in [0.29, 0.717) is 6.54 Å². The Bertz CT molecular complexity index is 352. The Labute approximate surface area is 96.4 Å². The second kappa shape index (κ2) is 4.18. The van der Waals surface area contributed by atoms with Crippen molar-refractivity contribution in [3.05, 3.63) is 17.7 Å². The Morgan fingerprint density at radius 2 is 2.12 bits per heavy atom. The molecular weight excluding hydrogens is 200 g/mol. The molecule has 4 nitrogen and oxygen atoms in total. The molecule has 1 fully saturated rings. The molecule has 0 amide bonds.